The number of rotatable bonds is 6. The lowest BCUT2D eigenvalue weighted by molar-refractivity contribution is -0.137. The Bertz CT molecular complexity index is 475. The summed E-state index contributed by atoms with van der Waals surface area (Å²) in [5, 5.41) is 0.00564. The van der Waals surface area contributed by atoms with E-state index in [2.05, 4.69) is 4.98 Å². The first-order valence-corrected chi connectivity index (χ1v) is 7.16. The zero-order valence-corrected chi connectivity index (χ0v) is 13.2. The number of nitrogens with zero attached hydrogens (tertiary/aromatic N) is 2. The number of halogens is 4. The molecule has 0 unspecified atom stereocenters. The second kappa shape index (κ2) is 6.83. The van der Waals surface area contributed by atoms with Crippen molar-refractivity contribution in [2.45, 2.75) is 33.4 Å². The summed E-state index contributed by atoms with van der Waals surface area (Å²) in [4.78, 5) is 5.80. The van der Waals surface area contributed by atoms with Gasteiger partial charge >= 0.3 is 6.18 Å². The summed E-state index contributed by atoms with van der Waals surface area (Å²) in [6, 6.07) is 0.919. The van der Waals surface area contributed by atoms with Gasteiger partial charge in [0, 0.05) is 19.3 Å². The van der Waals surface area contributed by atoms with E-state index in [-0.39, 0.29) is 10.4 Å². The molecule has 0 radical (unpaired) electrons. The Kier molecular flexibility index (Phi) is 5.87. The Labute approximate surface area is 128 Å². The summed E-state index contributed by atoms with van der Waals surface area (Å²) in [6.07, 6.45) is -2.79. The summed E-state index contributed by atoms with van der Waals surface area (Å²) in [6.45, 7) is 7.67. The normalized spacial score (nSPS) is 12.6. The highest BCUT2D eigenvalue weighted by Gasteiger charge is 2.32. The minimum Gasteiger partial charge on any atom is -0.355 e. The number of hydrogen-bond acceptors (Lipinski definition) is 3. The van der Waals surface area contributed by atoms with E-state index in [0.717, 1.165) is 18.7 Å². The molecule has 0 aliphatic carbocycles. The smallest absolute Gasteiger partial charge is 0.355 e. The van der Waals surface area contributed by atoms with Gasteiger partial charge in [-0.2, -0.15) is 13.2 Å². The highest BCUT2D eigenvalue weighted by molar-refractivity contribution is 6.33. The Balaban J connectivity index is 3.09. The molecule has 7 heteroatoms. The Morgan fingerprint density at radius 2 is 1.95 bits per heavy atom. The zero-order chi connectivity index (χ0) is 16.3. The van der Waals surface area contributed by atoms with Crippen LogP contribution in [0, 0.1) is 5.41 Å². The average molecular weight is 324 g/mol. The van der Waals surface area contributed by atoms with E-state index in [1.54, 1.807) is 0 Å². The molecule has 21 heavy (non-hydrogen) atoms. The van der Waals surface area contributed by atoms with Gasteiger partial charge in [0.05, 0.1) is 10.6 Å². The van der Waals surface area contributed by atoms with Crippen LogP contribution in [0.25, 0.3) is 0 Å². The van der Waals surface area contributed by atoms with E-state index in [1.807, 2.05) is 25.7 Å². The van der Waals surface area contributed by atoms with Crippen molar-refractivity contribution in [1.29, 1.82) is 0 Å². The first kappa shape index (κ1) is 18.0. The van der Waals surface area contributed by atoms with Crippen LogP contribution in [-0.4, -0.2) is 24.6 Å². The second-order valence-corrected chi connectivity index (χ2v) is 6.22. The minimum absolute atomic E-state index is 0.00564. The van der Waals surface area contributed by atoms with Crippen LogP contribution < -0.4 is 10.6 Å². The molecule has 0 amide bonds. The van der Waals surface area contributed by atoms with Crippen LogP contribution in [0.3, 0.4) is 0 Å². The van der Waals surface area contributed by atoms with Crippen molar-refractivity contribution in [2.75, 3.05) is 24.5 Å². The first-order valence-electron chi connectivity index (χ1n) is 6.78. The van der Waals surface area contributed by atoms with Crippen molar-refractivity contribution in [3.63, 3.8) is 0 Å². The van der Waals surface area contributed by atoms with Gasteiger partial charge in [-0.05, 0) is 24.4 Å². The van der Waals surface area contributed by atoms with E-state index in [9.17, 15) is 13.2 Å². The van der Waals surface area contributed by atoms with Gasteiger partial charge in [-0.25, -0.2) is 4.98 Å². The molecule has 0 saturated carbocycles. The van der Waals surface area contributed by atoms with E-state index in [1.165, 1.54) is 0 Å². The maximum absolute atomic E-state index is 12.6. The summed E-state index contributed by atoms with van der Waals surface area (Å²) in [7, 11) is 0. The van der Waals surface area contributed by atoms with Crippen LogP contribution in [0.1, 0.15) is 32.8 Å². The standard InChI is InChI=1S/C14H21ClF3N3/c1-4-5-21(9-13(2,3)8-19)12-11(15)6-10(7-20-12)14(16,17)18/h6-7H,4-5,8-9,19H2,1-3H3. The van der Waals surface area contributed by atoms with Crippen molar-refractivity contribution in [2.24, 2.45) is 11.1 Å². The highest BCUT2D eigenvalue weighted by Crippen LogP contribution is 2.34. The van der Waals surface area contributed by atoms with Gasteiger partial charge in [0.1, 0.15) is 5.82 Å². The molecule has 120 valence electrons. The molecule has 1 aromatic heterocycles. The SMILES string of the molecule is CCCN(CC(C)(C)CN)c1ncc(C(F)(F)F)cc1Cl. The lowest BCUT2D eigenvalue weighted by Crippen LogP contribution is -2.39. The predicted molar refractivity (Wildman–Crippen MR) is 79.6 cm³/mol. The predicted octanol–water partition coefficient (Wildman–Crippen LogP) is 3.96. The molecule has 1 aromatic rings. The summed E-state index contributed by atoms with van der Waals surface area (Å²) in [5.74, 6) is 0.369. The molecule has 0 atom stereocenters. The third-order valence-corrected chi connectivity index (χ3v) is 3.39. The molecular weight excluding hydrogens is 303 g/mol. The monoisotopic (exact) mass is 323 g/mol. The van der Waals surface area contributed by atoms with E-state index >= 15 is 0 Å². The second-order valence-electron chi connectivity index (χ2n) is 5.82. The largest absolute Gasteiger partial charge is 0.417 e. The molecule has 0 fully saturated rings. The summed E-state index contributed by atoms with van der Waals surface area (Å²) >= 11 is 6.00. The number of nitrogens with two attached hydrogens (primary N) is 1. The summed E-state index contributed by atoms with van der Waals surface area (Å²) in [5.41, 5.74) is 4.70. The molecule has 2 N–H and O–H groups in total. The molecule has 0 aliphatic rings. The van der Waals surface area contributed by atoms with Crippen molar-refractivity contribution >= 4 is 17.4 Å². The quantitative estimate of drug-likeness (QED) is 0.861. The number of pyridine rings is 1. The van der Waals surface area contributed by atoms with Gasteiger partial charge in [0.2, 0.25) is 0 Å². The minimum atomic E-state index is -4.44. The molecule has 1 rings (SSSR count). The number of anilines is 1. The van der Waals surface area contributed by atoms with Gasteiger partial charge in [-0.3, -0.25) is 0 Å². The van der Waals surface area contributed by atoms with Gasteiger partial charge in [-0.15, -0.1) is 0 Å². The lowest BCUT2D eigenvalue weighted by Gasteiger charge is -2.33. The Hall–Kier alpha value is -1.01. The Morgan fingerprint density at radius 1 is 1.33 bits per heavy atom. The third kappa shape index (κ3) is 5.04. The van der Waals surface area contributed by atoms with E-state index in [0.29, 0.717) is 25.5 Å². The maximum atomic E-state index is 12.6. The molecule has 0 bridgehead atoms. The fraction of sp³-hybridized carbons (Fsp3) is 0.643. The zero-order valence-electron chi connectivity index (χ0n) is 12.5. The van der Waals surface area contributed by atoms with Crippen LogP contribution in [0.15, 0.2) is 12.3 Å². The Morgan fingerprint density at radius 3 is 2.38 bits per heavy atom. The van der Waals surface area contributed by atoms with Crippen molar-refractivity contribution < 1.29 is 13.2 Å². The van der Waals surface area contributed by atoms with E-state index < -0.39 is 11.7 Å². The van der Waals surface area contributed by atoms with Crippen LogP contribution in [-0.2, 0) is 6.18 Å². The lowest BCUT2D eigenvalue weighted by atomic mass is 9.93. The van der Waals surface area contributed by atoms with Gasteiger partial charge in [0.15, 0.2) is 0 Å². The molecule has 0 aliphatic heterocycles. The average Bonchev–Trinajstić information content (AvgIpc) is 2.37. The van der Waals surface area contributed by atoms with Crippen molar-refractivity contribution in [3.8, 4) is 0 Å². The molecule has 0 saturated heterocycles. The van der Waals surface area contributed by atoms with Crippen LogP contribution in [0.4, 0.5) is 19.0 Å². The fourth-order valence-electron chi connectivity index (χ4n) is 1.93. The maximum Gasteiger partial charge on any atom is 0.417 e. The number of aromatic nitrogens is 1. The van der Waals surface area contributed by atoms with Gasteiger partial charge in [-0.1, -0.05) is 32.4 Å². The van der Waals surface area contributed by atoms with Crippen LogP contribution in [0.2, 0.25) is 5.02 Å². The topological polar surface area (TPSA) is 42.1 Å². The van der Waals surface area contributed by atoms with Gasteiger partial charge < -0.3 is 10.6 Å². The number of hydrogen-bond donors (Lipinski definition) is 1. The van der Waals surface area contributed by atoms with Crippen LogP contribution >= 0.6 is 11.6 Å². The van der Waals surface area contributed by atoms with Gasteiger partial charge in [0.25, 0.3) is 0 Å². The van der Waals surface area contributed by atoms with Crippen molar-refractivity contribution in [3.05, 3.63) is 22.8 Å². The number of alkyl halides is 3. The fourth-order valence-corrected chi connectivity index (χ4v) is 2.22. The molecule has 3 nitrogen and oxygen atoms in total. The van der Waals surface area contributed by atoms with E-state index in [4.69, 9.17) is 17.3 Å². The third-order valence-electron chi connectivity index (χ3n) is 3.11. The first-order chi connectivity index (χ1) is 9.60. The van der Waals surface area contributed by atoms with Crippen LogP contribution in [0.5, 0.6) is 0 Å². The molecule has 0 spiro atoms. The molecule has 0 aromatic carbocycles. The molecular formula is C14H21ClF3N3. The highest BCUT2D eigenvalue weighted by atomic mass is 35.5. The van der Waals surface area contributed by atoms with Crippen molar-refractivity contribution in [1.82, 2.24) is 4.98 Å². The summed E-state index contributed by atoms with van der Waals surface area (Å²) < 4.78 is 37.9. The molecule has 1 heterocycles.